The number of fused-ring (bicyclic) bond motifs is 1. The van der Waals surface area contributed by atoms with Gasteiger partial charge in [0.25, 0.3) is 0 Å². The summed E-state index contributed by atoms with van der Waals surface area (Å²) < 4.78 is 4.66. The first-order valence-electron chi connectivity index (χ1n) is 12.0. The maximum Gasteiger partial charge on any atom is 0.311 e. The fraction of sp³-hybridized carbons (Fsp3) is 0.720. The third kappa shape index (κ3) is 4.48. The number of hydrogen-bond donors (Lipinski definition) is 1. The number of aliphatic hydroxyl groups is 1. The largest absolute Gasteiger partial charge is 0.461 e. The molecule has 2 amide bonds. The number of hydrogen-bond acceptors (Lipinski definition) is 6. The second-order valence-corrected chi connectivity index (χ2v) is 12.9. The molecule has 3 aliphatic rings. The summed E-state index contributed by atoms with van der Waals surface area (Å²) in [6.07, 6.45) is 4.36. The van der Waals surface area contributed by atoms with Gasteiger partial charge in [0.1, 0.15) is 12.6 Å². The molecule has 0 aliphatic carbocycles. The second-order valence-electron chi connectivity index (χ2n) is 10.2. The van der Waals surface area contributed by atoms with E-state index >= 15 is 0 Å². The van der Waals surface area contributed by atoms with Crippen LogP contribution in [0.4, 0.5) is 0 Å². The Morgan fingerprint density at radius 3 is 2.53 bits per heavy atom. The molecule has 0 saturated carbocycles. The first-order valence-corrected chi connectivity index (χ1v) is 13.8. The van der Waals surface area contributed by atoms with Crippen LogP contribution in [0.3, 0.4) is 0 Å². The van der Waals surface area contributed by atoms with Gasteiger partial charge in [-0.3, -0.25) is 14.4 Å². The summed E-state index contributed by atoms with van der Waals surface area (Å²) in [5.74, 6) is -1.90. The molecule has 3 rings (SSSR count). The van der Waals surface area contributed by atoms with E-state index < -0.39 is 34.6 Å². The van der Waals surface area contributed by atoms with Gasteiger partial charge in [0.2, 0.25) is 11.8 Å². The monoisotopic (exact) mass is 556 g/mol. The SMILES string of the molecule is C=CCOC(=O)[C@H]1[C@@H]2SC3(CC2Br)C(C(=O)N(CC=C)C(C)C)N([C@@H](CO)CC(C)C)C(=O)[C@H]13. The molecule has 0 aromatic heterocycles. The lowest BCUT2D eigenvalue weighted by Gasteiger charge is -2.41. The highest BCUT2D eigenvalue weighted by Gasteiger charge is 2.76. The molecule has 2 bridgehead atoms. The highest BCUT2D eigenvalue weighted by molar-refractivity contribution is 9.09. The lowest BCUT2D eigenvalue weighted by atomic mass is 9.71. The molecule has 3 unspecified atom stereocenters. The molecule has 0 aromatic rings. The van der Waals surface area contributed by atoms with Gasteiger partial charge in [-0.05, 0) is 32.6 Å². The van der Waals surface area contributed by atoms with Gasteiger partial charge in [-0.15, -0.1) is 18.3 Å². The molecule has 1 spiro atoms. The third-order valence-electron chi connectivity index (χ3n) is 7.16. The van der Waals surface area contributed by atoms with E-state index in [-0.39, 0.29) is 47.1 Å². The van der Waals surface area contributed by atoms with Crippen molar-refractivity contribution < 1.29 is 24.2 Å². The van der Waals surface area contributed by atoms with E-state index in [0.29, 0.717) is 19.4 Å². The van der Waals surface area contributed by atoms with Crippen LogP contribution in [0.1, 0.15) is 40.5 Å². The zero-order valence-electron chi connectivity index (χ0n) is 20.5. The minimum Gasteiger partial charge on any atom is -0.461 e. The smallest absolute Gasteiger partial charge is 0.311 e. The highest BCUT2D eigenvalue weighted by atomic mass is 79.9. The maximum absolute atomic E-state index is 14.2. The van der Waals surface area contributed by atoms with Gasteiger partial charge >= 0.3 is 5.97 Å². The molecular formula is C25H37BrN2O5S. The van der Waals surface area contributed by atoms with Crippen LogP contribution in [-0.2, 0) is 19.1 Å². The van der Waals surface area contributed by atoms with Crippen molar-refractivity contribution in [1.82, 2.24) is 9.80 Å². The van der Waals surface area contributed by atoms with Crippen LogP contribution < -0.4 is 0 Å². The van der Waals surface area contributed by atoms with Gasteiger partial charge in [-0.2, -0.15) is 0 Å². The second kappa shape index (κ2) is 10.7. The van der Waals surface area contributed by atoms with E-state index in [4.69, 9.17) is 4.74 Å². The van der Waals surface area contributed by atoms with Crippen molar-refractivity contribution in [2.45, 2.75) is 73.5 Å². The average molecular weight is 558 g/mol. The molecule has 3 aliphatic heterocycles. The standard InChI is InChI=1S/C25H37BrN2O5S/c1-7-9-27(15(5)6)23(31)21-25-12-17(26)20(34-25)18(24(32)33-10-8-2)19(25)22(30)28(21)16(13-29)11-14(3)4/h7-8,14-21,29H,1-2,9-13H2,3-6H3/t16-,17?,18-,19+,20-,21?,25?/m1/s1. The van der Waals surface area contributed by atoms with Gasteiger partial charge in [0, 0.05) is 22.7 Å². The predicted molar refractivity (Wildman–Crippen MR) is 138 cm³/mol. The van der Waals surface area contributed by atoms with E-state index in [1.54, 1.807) is 27.6 Å². The Kier molecular flexibility index (Phi) is 8.62. The topological polar surface area (TPSA) is 87.2 Å². The van der Waals surface area contributed by atoms with Crippen LogP contribution in [-0.4, -0.2) is 85.4 Å². The number of amides is 2. The fourth-order valence-electron chi connectivity index (χ4n) is 5.92. The number of esters is 1. The Hall–Kier alpha value is -1.32. The molecule has 9 heteroatoms. The molecule has 3 heterocycles. The number of thioether (sulfide) groups is 1. The van der Waals surface area contributed by atoms with Crippen LogP contribution in [0.2, 0.25) is 0 Å². The molecular weight excluding hydrogens is 520 g/mol. The zero-order chi connectivity index (χ0) is 25.4. The van der Waals surface area contributed by atoms with Gasteiger partial charge in [-0.25, -0.2) is 0 Å². The Morgan fingerprint density at radius 1 is 1.32 bits per heavy atom. The van der Waals surface area contributed by atoms with Gasteiger partial charge in [0.15, 0.2) is 0 Å². The minimum atomic E-state index is -0.768. The Labute approximate surface area is 215 Å². The molecule has 7 nitrogen and oxygen atoms in total. The number of rotatable bonds is 11. The lowest BCUT2D eigenvalue weighted by Crippen LogP contribution is -2.59. The molecule has 0 aromatic carbocycles. The summed E-state index contributed by atoms with van der Waals surface area (Å²) in [7, 11) is 0. The number of halogens is 1. The third-order valence-corrected chi connectivity index (χ3v) is 10.4. The zero-order valence-corrected chi connectivity index (χ0v) is 22.9. The first-order chi connectivity index (χ1) is 16.0. The van der Waals surface area contributed by atoms with Crippen molar-refractivity contribution in [3.8, 4) is 0 Å². The molecule has 0 radical (unpaired) electrons. The highest BCUT2D eigenvalue weighted by Crippen LogP contribution is 2.68. The lowest BCUT2D eigenvalue weighted by molar-refractivity contribution is -0.153. The van der Waals surface area contributed by atoms with Crippen molar-refractivity contribution >= 4 is 45.5 Å². The van der Waals surface area contributed by atoms with E-state index in [1.165, 1.54) is 6.08 Å². The van der Waals surface area contributed by atoms with Gasteiger partial charge in [-0.1, -0.05) is 48.5 Å². The Balaban J connectivity index is 2.12. The number of alkyl halides is 1. The summed E-state index contributed by atoms with van der Waals surface area (Å²) in [4.78, 5) is 44.7. The molecule has 1 N–H and O–H groups in total. The van der Waals surface area contributed by atoms with Crippen LogP contribution >= 0.6 is 27.7 Å². The Morgan fingerprint density at radius 2 is 2.00 bits per heavy atom. The number of ether oxygens (including phenoxy) is 1. The summed E-state index contributed by atoms with van der Waals surface area (Å²) in [6, 6.07) is -1.36. The van der Waals surface area contributed by atoms with Crippen molar-refractivity contribution in [3.63, 3.8) is 0 Å². The fourth-order valence-corrected chi connectivity index (χ4v) is 9.50. The molecule has 7 atom stereocenters. The number of nitrogens with zero attached hydrogens (tertiary/aromatic N) is 2. The van der Waals surface area contributed by atoms with Gasteiger partial charge in [0.05, 0.1) is 29.2 Å². The molecule has 3 saturated heterocycles. The van der Waals surface area contributed by atoms with Gasteiger partial charge < -0.3 is 19.6 Å². The van der Waals surface area contributed by atoms with Crippen LogP contribution in [0.25, 0.3) is 0 Å². The summed E-state index contributed by atoms with van der Waals surface area (Å²) in [6.45, 7) is 15.6. The van der Waals surface area contributed by atoms with Crippen LogP contribution in [0.5, 0.6) is 0 Å². The number of aliphatic hydroxyl groups excluding tert-OH is 1. The van der Waals surface area contributed by atoms with Crippen molar-refractivity contribution in [2.75, 3.05) is 19.8 Å². The van der Waals surface area contributed by atoms with Crippen LogP contribution in [0, 0.1) is 17.8 Å². The number of carbonyl (C=O) groups excluding carboxylic acids is 3. The number of carbonyl (C=O) groups is 3. The van der Waals surface area contributed by atoms with E-state index in [1.807, 2.05) is 27.7 Å². The molecule has 3 fully saturated rings. The van der Waals surface area contributed by atoms with E-state index in [0.717, 1.165) is 0 Å². The normalized spacial score (nSPS) is 32.8. The van der Waals surface area contributed by atoms with Crippen molar-refractivity contribution in [1.29, 1.82) is 0 Å². The molecule has 190 valence electrons. The maximum atomic E-state index is 14.2. The number of likely N-dealkylation sites (tertiary alicyclic amines) is 1. The summed E-state index contributed by atoms with van der Waals surface area (Å²) in [5, 5.41) is 10.2. The van der Waals surface area contributed by atoms with E-state index in [9.17, 15) is 19.5 Å². The predicted octanol–water partition coefficient (Wildman–Crippen LogP) is 3.01. The quantitative estimate of drug-likeness (QED) is 0.239. The average Bonchev–Trinajstić information content (AvgIpc) is 3.36. The summed E-state index contributed by atoms with van der Waals surface area (Å²) in [5.41, 5.74) is 0. The van der Waals surface area contributed by atoms with Crippen molar-refractivity contribution in [2.24, 2.45) is 17.8 Å². The Bertz CT molecular complexity index is 836. The van der Waals surface area contributed by atoms with Crippen LogP contribution in [0.15, 0.2) is 25.3 Å². The summed E-state index contributed by atoms with van der Waals surface area (Å²) >= 11 is 5.32. The minimum absolute atomic E-state index is 0.0253. The van der Waals surface area contributed by atoms with E-state index in [2.05, 4.69) is 29.1 Å². The molecule has 34 heavy (non-hydrogen) atoms. The first kappa shape index (κ1) is 27.3. The van der Waals surface area contributed by atoms with Crippen molar-refractivity contribution in [3.05, 3.63) is 25.3 Å².